The molecule has 0 unspecified atom stereocenters. The first-order valence-electron chi connectivity index (χ1n) is 9.06. The molecular formula is C17H22IN3O6. The molecule has 3 rings (SSSR count). The van der Waals surface area contributed by atoms with Crippen molar-refractivity contribution in [2.45, 2.75) is 61.0 Å². The zero-order valence-corrected chi connectivity index (χ0v) is 16.9. The van der Waals surface area contributed by atoms with Crippen molar-refractivity contribution in [1.29, 1.82) is 0 Å². The predicted molar refractivity (Wildman–Crippen MR) is 105 cm³/mol. The van der Waals surface area contributed by atoms with Crippen molar-refractivity contribution < 1.29 is 19.8 Å². The summed E-state index contributed by atoms with van der Waals surface area (Å²) in [4.78, 5) is 49.3. The molecule has 10 heteroatoms. The Kier molecular flexibility index (Phi) is 5.63. The van der Waals surface area contributed by atoms with E-state index in [1.54, 1.807) is 0 Å². The summed E-state index contributed by atoms with van der Waals surface area (Å²) in [6.07, 6.45) is 6.28. The number of amides is 1. The van der Waals surface area contributed by atoms with Crippen molar-refractivity contribution >= 4 is 34.5 Å². The summed E-state index contributed by atoms with van der Waals surface area (Å²) in [7, 11) is 0. The Morgan fingerprint density at radius 1 is 1.15 bits per heavy atom. The Morgan fingerprint density at radius 3 is 2.30 bits per heavy atom. The number of carbonyl (C=O) groups is 2. The first kappa shape index (κ1) is 19.9. The number of aliphatic carboxylic acids is 1. The van der Waals surface area contributed by atoms with Gasteiger partial charge in [0.05, 0.1) is 0 Å². The monoisotopic (exact) mass is 491 g/mol. The van der Waals surface area contributed by atoms with Crippen LogP contribution in [-0.2, 0) is 8.34 Å². The van der Waals surface area contributed by atoms with Crippen LogP contribution in [0.25, 0.3) is 0 Å². The minimum absolute atomic E-state index is 0.288. The fourth-order valence-electron chi connectivity index (χ4n) is 3.77. The molecule has 148 valence electrons. The Hall–Kier alpha value is -1.85. The molecule has 1 amide bonds. The van der Waals surface area contributed by atoms with E-state index in [2.05, 4.69) is 27.9 Å². The van der Waals surface area contributed by atoms with Crippen molar-refractivity contribution in [1.82, 2.24) is 14.5 Å². The number of nitrogens with zero attached hydrogens (tertiary/aromatic N) is 2. The van der Waals surface area contributed by atoms with Gasteiger partial charge < -0.3 is 15.5 Å². The molecule has 1 aromatic heterocycles. The molecule has 0 aromatic carbocycles. The van der Waals surface area contributed by atoms with Gasteiger partial charge in [-0.15, -0.1) is 0 Å². The van der Waals surface area contributed by atoms with Gasteiger partial charge in [0.1, 0.15) is 10.1 Å². The van der Waals surface area contributed by atoms with Gasteiger partial charge in [-0.25, -0.2) is 9.36 Å². The quantitative estimate of drug-likeness (QED) is 0.421. The Morgan fingerprint density at radius 2 is 1.78 bits per heavy atom. The van der Waals surface area contributed by atoms with Crippen LogP contribution in [0.5, 0.6) is 5.88 Å². The van der Waals surface area contributed by atoms with Crippen LogP contribution in [0.2, 0.25) is 0 Å². The Bertz CT molecular complexity index is 880. The van der Waals surface area contributed by atoms with Crippen LogP contribution < -0.4 is 16.6 Å². The first-order valence-corrected chi connectivity index (χ1v) is 10.1. The molecule has 1 aromatic rings. The van der Waals surface area contributed by atoms with E-state index >= 15 is 0 Å². The van der Waals surface area contributed by atoms with Crippen LogP contribution in [0.3, 0.4) is 0 Å². The number of carboxylic acid groups (broad SMARTS) is 1. The summed E-state index contributed by atoms with van der Waals surface area (Å²) in [5.41, 5.74) is -2.04. The minimum atomic E-state index is -1.27. The summed E-state index contributed by atoms with van der Waals surface area (Å²) < 4.78 is 1.51. The molecule has 9 nitrogen and oxygen atoms in total. The molecule has 0 atom stereocenters. The highest BCUT2D eigenvalue weighted by Gasteiger charge is 2.41. The highest BCUT2D eigenvalue weighted by atomic mass is 127. The van der Waals surface area contributed by atoms with Gasteiger partial charge in [-0.1, -0.05) is 41.9 Å². The highest BCUT2D eigenvalue weighted by molar-refractivity contribution is 14.1. The number of alkyl halides is 1. The number of carbonyl (C=O) groups excluding carboxylic acids is 1. The Balaban J connectivity index is 2.18. The number of halogens is 1. The van der Waals surface area contributed by atoms with Gasteiger partial charge in [0, 0.05) is 6.04 Å². The molecular weight excluding hydrogens is 469 g/mol. The molecule has 3 N–H and O–H groups in total. The van der Waals surface area contributed by atoms with Crippen LogP contribution in [0.15, 0.2) is 9.59 Å². The molecule has 0 aliphatic heterocycles. The average molecular weight is 491 g/mol. The largest absolute Gasteiger partial charge is 0.494 e. The summed E-state index contributed by atoms with van der Waals surface area (Å²) >= 11 is 2.06. The number of rotatable bonds is 5. The number of carboxylic acids is 1. The highest BCUT2D eigenvalue weighted by Crippen LogP contribution is 2.44. The second kappa shape index (κ2) is 7.64. The third-order valence-electron chi connectivity index (χ3n) is 5.35. The van der Waals surface area contributed by atoms with Crippen molar-refractivity contribution in [2.24, 2.45) is 0 Å². The van der Waals surface area contributed by atoms with E-state index in [0.29, 0.717) is 25.7 Å². The van der Waals surface area contributed by atoms with Gasteiger partial charge in [-0.3, -0.25) is 19.0 Å². The number of hydrogen-bond acceptors (Lipinski definition) is 5. The van der Waals surface area contributed by atoms with Crippen LogP contribution in [-0.4, -0.2) is 37.8 Å². The van der Waals surface area contributed by atoms with Crippen molar-refractivity contribution in [2.75, 3.05) is 6.54 Å². The molecule has 0 spiro atoms. The lowest BCUT2D eigenvalue weighted by Crippen LogP contribution is -2.54. The molecule has 2 aliphatic carbocycles. The zero-order valence-electron chi connectivity index (χ0n) is 14.7. The molecule has 2 saturated carbocycles. The fourth-order valence-corrected chi connectivity index (χ4v) is 4.96. The molecule has 0 bridgehead atoms. The van der Waals surface area contributed by atoms with Gasteiger partial charge >= 0.3 is 11.7 Å². The van der Waals surface area contributed by atoms with Gasteiger partial charge in [0.25, 0.3) is 11.5 Å². The van der Waals surface area contributed by atoms with Gasteiger partial charge in [0.15, 0.2) is 5.56 Å². The Labute approximate surface area is 168 Å². The van der Waals surface area contributed by atoms with Crippen LogP contribution in [0.4, 0.5) is 0 Å². The number of nitrogens with one attached hydrogen (secondary N) is 1. The molecule has 2 aliphatic rings. The van der Waals surface area contributed by atoms with E-state index in [-0.39, 0.29) is 6.04 Å². The SMILES string of the molecule is O=C(O)CNC(=O)c1c(O)n(C2CCCCC2)c(=O)n(C2(I)CCC2)c1=O. The van der Waals surface area contributed by atoms with E-state index in [1.807, 2.05) is 0 Å². The average Bonchev–Trinajstić information content (AvgIpc) is 2.59. The van der Waals surface area contributed by atoms with Crippen molar-refractivity contribution in [3.8, 4) is 5.88 Å². The minimum Gasteiger partial charge on any atom is -0.494 e. The standard InChI is InChI=1S/C17H22IN3O6/c18-17(7-4-8-17)21-15(26)12(13(24)19-9-11(22)23)14(25)20(16(21)27)10-5-2-1-3-6-10/h10,25H,1-9H2,(H,19,24)(H,22,23). The van der Waals surface area contributed by atoms with Crippen LogP contribution in [0, 0.1) is 0 Å². The van der Waals surface area contributed by atoms with E-state index in [1.165, 1.54) is 0 Å². The molecule has 27 heavy (non-hydrogen) atoms. The third-order valence-corrected chi connectivity index (χ3v) is 6.91. The summed E-state index contributed by atoms with van der Waals surface area (Å²) in [5, 5.41) is 21.5. The van der Waals surface area contributed by atoms with E-state index < -0.39 is 44.7 Å². The van der Waals surface area contributed by atoms with E-state index in [0.717, 1.165) is 34.8 Å². The topological polar surface area (TPSA) is 131 Å². The van der Waals surface area contributed by atoms with Crippen molar-refractivity contribution in [3.05, 3.63) is 26.4 Å². The van der Waals surface area contributed by atoms with Gasteiger partial charge in [-0.2, -0.15) is 0 Å². The lowest BCUT2D eigenvalue weighted by atomic mass is 9.92. The van der Waals surface area contributed by atoms with Gasteiger partial charge in [-0.05, 0) is 32.1 Å². The fraction of sp³-hybridized carbons (Fsp3) is 0.647. The zero-order chi connectivity index (χ0) is 19.8. The molecule has 0 saturated heterocycles. The van der Waals surface area contributed by atoms with Gasteiger partial charge in [0.2, 0.25) is 5.88 Å². The van der Waals surface area contributed by atoms with Crippen LogP contribution in [0.1, 0.15) is 67.8 Å². The normalized spacial score (nSPS) is 19.3. The van der Waals surface area contributed by atoms with E-state index in [9.17, 15) is 24.3 Å². The number of aromatic nitrogens is 2. The molecule has 0 radical (unpaired) electrons. The summed E-state index contributed by atoms with van der Waals surface area (Å²) in [6.45, 7) is -0.685. The maximum Gasteiger partial charge on any atom is 0.335 e. The van der Waals surface area contributed by atoms with E-state index in [4.69, 9.17) is 5.11 Å². The molecule has 2 fully saturated rings. The summed E-state index contributed by atoms with van der Waals surface area (Å²) in [5.74, 6) is -2.93. The maximum absolute atomic E-state index is 13.1. The lowest BCUT2D eigenvalue weighted by molar-refractivity contribution is -0.135. The first-order chi connectivity index (χ1) is 12.8. The summed E-state index contributed by atoms with van der Waals surface area (Å²) in [6, 6.07) is -0.288. The smallest absolute Gasteiger partial charge is 0.335 e. The number of hydrogen-bond donors (Lipinski definition) is 3. The third kappa shape index (κ3) is 3.63. The van der Waals surface area contributed by atoms with Crippen LogP contribution >= 0.6 is 22.6 Å². The number of aromatic hydroxyl groups is 1. The predicted octanol–water partition coefficient (Wildman–Crippen LogP) is 1.31. The second-order valence-corrected chi connectivity index (χ2v) is 9.14. The van der Waals surface area contributed by atoms with Crippen molar-refractivity contribution in [3.63, 3.8) is 0 Å². The lowest BCUT2D eigenvalue weighted by Gasteiger charge is -2.38. The maximum atomic E-state index is 13.1. The molecule has 1 heterocycles. The second-order valence-electron chi connectivity index (χ2n) is 7.13.